The molecular weight excluding hydrogens is 334 g/mol. The Morgan fingerprint density at radius 1 is 1.38 bits per heavy atom. The minimum atomic E-state index is 0.0471. The van der Waals surface area contributed by atoms with E-state index in [0.29, 0.717) is 44.5 Å². The van der Waals surface area contributed by atoms with E-state index in [1.54, 1.807) is 13.3 Å². The van der Waals surface area contributed by atoms with E-state index in [-0.39, 0.29) is 17.7 Å². The summed E-state index contributed by atoms with van der Waals surface area (Å²) in [6, 6.07) is 0. The van der Waals surface area contributed by atoms with Crippen molar-refractivity contribution in [2.75, 3.05) is 26.8 Å². The molecule has 1 aliphatic heterocycles. The van der Waals surface area contributed by atoms with Gasteiger partial charge in [0.05, 0.1) is 18.7 Å². The van der Waals surface area contributed by atoms with Crippen molar-refractivity contribution in [1.82, 2.24) is 24.8 Å². The van der Waals surface area contributed by atoms with Crippen LogP contribution in [0.15, 0.2) is 16.9 Å². The number of rotatable bonds is 7. The fourth-order valence-corrected chi connectivity index (χ4v) is 3.60. The molecule has 3 heterocycles. The fraction of sp³-hybridized carbons (Fsp3) is 0.667. The van der Waals surface area contributed by atoms with Crippen molar-refractivity contribution < 1.29 is 14.1 Å². The van der Waals surface area contributed by atoms with E-state index in [1.165, 1.54) is 0 Å². The van der Waals surface area contributed by atoms with Crippen LogP contribution in [0.1, 0.15) is 48.4 Å². The number of likely N-dealkylation sites (tertiary alicyclic amines) is 1. The Bertz CT molecular complexity index is 766. The van der Waals surface area contributed by atoms with Gasteiger partial charge in [-0.05, 0) is 25.3 Å². The zero-order valence-electron chi connectivity index (χ0n) is 15.3. The minimum absolute atomic E-state index is 0.0471. The molecule has 26 heavy (non-hydrogen) atoms. The van der Waals surface area contributed by atoms with Gasteiger partial charge in [0.15, 0.2) is 5.82 Å². The first kappa shape index (κ1) is 17.2. The van der Waals surface area contributed by atoms with Crippen LogP contribution in [-0.2, 0) is 16.1 Å². The van der Waals surface area contributed by atoms with Gasteiger partial charge < -0.3 is 14.2 Å². The summed E-state index contributed by atoms with van der Waals surface area (Å²) in [4.78, 5) is 19.1. The van der Waals surface area contributed by atoms with Gasteiger partial charge in [0.25, 0.3) is 0 Å². The third-order valence-corrected chi connectivity index (χ3v) is 5.21. The third-order valence-electron chi connectivity index (χ3n) is 5.21. The molecule has 1 saturated heterocycles. The number of methoxy groups -OCH3 is 1. The molecule has 2 aromatic rings. The second-order valence-corrected chi connectivity index (χ2v) is 7.42. The lowest BCUT2D eigenvalue weighted by Gasteiger charge is -2.16. The second kappa shape index (κ2) is 7.19. The normalized spacial score (nSPS) is 22.9. The molecule has 8 nitrogen and oxygen atoms in total. The van der Waals surface area contributed by atoms with E-state index < -0.39 is 0 Å². The molecule has 1 saturated carbocycles. The van der Waals surface area contributed by atoms with Gasteiger partial charge in [-0.3, -0.25) is 9.48 Å². The lowest BCUT2D eigenvalue weighted by Crippen LogP contribution is -2.30. The average Bonchev–Trinajstić information content (AvgIpc) is 3.04. The van der Waals surface area contributed by atoms with Crippen molar-refractivity contribution in [2.24, 2.45) is 5.92 Å². The molecule has 0 aromatic carbocycles. The summed E-state index contributed by atoms with van der Waals surface area (Å²) in [6.45, 7) is 4.43. The van der Waals surface area contributed by atoms with E-state index in [0.717, 1.165) is 24.2 Å². The van der Waals surface area contributed by atoms with Crippen LogP contribution in [0.3, 0.4) is 0 Å². The Morgan fingerprint density at radius 3 is 2.92 bits per heavy atom. The molecule has 0 spiro atoms. The van der Waals surface area contributed by atoms with E-state index in [1.807, 2.05) is 22.7 Å². The molecule has 1 aliphatic carbocycles. The van der Waals surface area contributed by atoms with Gasteiger partial charge in [0.1, 0.15) is 0 Å². The zero-order valence-corrected chi connectivity index (χ0v) is 15.3. The lowest BCUT2D eigenvalue weighted by atomic mass is 9.97. The molecular formula is C18H25N5O3. The molecule has 0 radical (unpaired) electrons. The quantitative estimate of drug-likeness (QED) is 0.748. The van der Waals surface area contributed by atoms with Crippen molar-refractivity contribution in [1.29, 1.82) is 0 Å². The van der Waals surface area contributed by atoms with Crippen molar-refractivity contribution in [3.8, 4) is 0 Å². The third kappa shape index (κ3) is 3.65. The molecule has 8 heteroatoms. The average molecular weight is 359 g/mol. The smallest absolute Gasteiger partial charge is 0.231 e. The molecule has 2 aromatic heterocycles. The summed E-state index contributed by atoms with van der Waals surface area (Å²) in [5.41, 5.74) is 1.10. The van der Waals surface area contributed by atoms with Gasteiger partial charge in [-0.2, -0.15) is 10.1 Å². The maximum Gasteiger partial charge on any atom is 0.231 e. The van der Waals surface area contributed by atoms with Crippen LogP contribution in [0.4, 0.5) is 0 Å². The number of hydrogen-bond donors (Lipinski definition) is 0. The first-order valence-corrected chi connectivity index (χ1v) is 9.23. The summed E-state index contributed by atoms with van der Waals surface area (Å²) >= 11 is 0. The van der Waals surface area contributed by atoms with Gasteiger partial charge in [-0.15, -0.1) is 0 Å². The molecule has 0 bridgehead atoms. The molecule has 140 valence electrons. The second-order valence-electron chi connectivity index (χ2n) is 7.42. The number of aryl methyl sites for hydroxylation is 2. The van der Waals surface area contributed by atoms with Gasteiger partial charge in [0.2, 0.25) is 11.8 Å². The van der Waals surface area contributed by atoms with Crippen molar-refractivity contribution in [3.05, 3.63) is 29.7 Å². The standard InChI is InChI=1S/C18H25N5O3/c1-12-7-19-23(8-12)6-5-16(24)22-9-14(11-25-2)15(10-22)18-20-17(21-26-18)13-3-4-13/h7-8,13-15H,3-6,9-11H2,1-2H3/t14-,15+/m0/s1. The number of amides is 1. The molecule has 2 aliphatic rings. The number of carbonyl (C=O) groups is 1. The maximum absolute atomic E-state index is 12.7. The number of nitrogens with zero attached hydrogens (tertiary/aromatic N) is 5. The number of carbonyl (C=O) groups excluding carboxylic acids is 1. The Kier molecular flexibility index (Phi) is 4.76. The SMILES string of the molecule is COC[C@@H]1CN(C(=O)CCn2cc(C)cn2)C[C@H]1c1nc(C2CC2)no1. The highest BCUT2D eigenvalue weighted by atomic mass is 16.5. The van der Waals surface area contributed by atoms with Crippen LogP contribution in [0.2, 0.25) is 0 Å². The van der Waals surface area contributed by atoms with Crippen LogP contribution in [0, 0.1) is 12.8 Å². The predicted molar refractivity (Wildman–Crippen MR) is 92.5 cm³/mol. The van der Waals surface area contributed by atoms with Crippen LogP contribution >= 0.6 is 0 Å². The van der Waals surface area contributed by atoms with Gasteiger partial charge in [-0.1, -0.05) is 5.16 Å². The van der Waals surface area contributed by atoms with E-state index in [9.17, 15) is 4.79 Å². The van der Waals surface area contributed by atoms with E-state index in [2.05, 4.69) is 15.2 Å². The van der Waals surface area contributed by atoms with Crippen molar-refractivity contribution in [2.45, 2.75) is 44.6 Å². The van der Waals surface area contributed by atoms with Gasteiger partial charge in [-0.25, -0.2) is 0 Å². The first-order valence-electron chi connectivity index (χ1n) is 9.23. The van der Waals surface area contributed by atoms with Gasteiger partial charge in [0, 0.05) is 51.2 Å². The van der Waals surface area contributed by atoms with Crippen molar-refractivity contribution in [3.63, 3.8) is 0 Å². The van der Waals surface area contributed by atoms with Crippen molar-refractivity contribution >= 4 is 5.91 Å². The van der Waals surface area contributed by atoms with Crippen LogP contribution in [-0.4, -0.2) is 57.5 Å². The molecule has 2 atom stereocenters. The summed E-state index contributed by atoms with van der Waals surface area (Å²) in [6.07, 6.45) is 6.47. The summed E-state index contributed by atoms with van der Waals surface area (Å²) in [5.74, 6) is 2.28. The summed E-state index contributed by atoms with van der Waals surface area (Å²) in [5, 5.41) is 8.36. The summed E-state index contributed by atoms with van der Waals surface area (Å²) in [7, 11) is 1.69. The monoisotopic (exact) mass is 359 g/mol. The fourth-order valence-electron chi connectivity index (χ4n) is 3.60. The molecule has 0 unspecified atom stereocenters. The Hall–Kier alpha value is -2.22. The minimum Gasteiger partial charge on any atom is -0.384 e. The largest absolute Gasteiger partial charge is 0.384 e. The highest BCUT2D eigenvalue weighted by Crippen LogP contribution is 2.40. The Morgan fingerprint density at radius 2 is 2.23 bits per heavy atom. The lowest BCUT2D eigenvalue weighted by molar-refractivity contribution is -0.130. The zero-order chi connectivity index (χ0) is 18.1. The first-order chi connectivity index (χ1) is 12.6. The molecule has 0 N–H and O–H groups in total. The Balaban J connectivity index is 1.40. The van der Waals surface area contributed by atoms with Crippen LogP contribution in [0.5, 0.6) is 0 Å². The predicted octanol–water partition coefficient (Wildman–Crippen LogP) is 1.73. The molecule has 2 fully saturated rings. The number of ether oxygens (including phenoxy) is 1. The highest BCUT2D eigenvalue weighted by molar-refractivity contribution is 5.76. The van der Waals surface area contributed by atoms with Crippen LogP contribution < -0.4 is 0 Å². The summed E-state index contributed by atoms with van der Waals surface area (Å²) < 4.78 is 12.7. The highest BCUT2D eigenvalue weighted by Gasteiger charge is 2.40. The topological polar surface area (TPSA) is 86.3 Å². The number of hydrogen-bond acceptors (Lipinski definition) is 6. The van der Waals surface area contributed by atoms with Gasteiger partial charge >= 0.3 is 0 Å². The van der Waals surface area contributed by atoms with E-state index in [4.69, 9.17) is 9.26 Å². The van der Waals surface area contributed by atoms with E-state index >= 15 is 0 Å². The maximum atomic E-state index is 12.7. The molecule has 4 rings (SSSR count). The van der Waals surface area contributed by atoms with Crippen LogP contribution in [0.25, 0.3) is 0 Å². The number of aromatic nitrogens is 4. The Labute approximate surface area is 152 Å². The molecule has 1 amide bonds.